The summed E-state index contributed by atoms with van der Waals surface area (Å²) in [6.45, 7) is 6.92. The first-order valence-corrected chi connectivity index (χ1v) is 13.8. The van der Waals surface area contributed by atoms with Crippen molar-refractivity contribution in [2.24, 2.45) is 5.41 Å². The molecule has 3 aromatic rings. The fraction of sp³-hybridized carbons (Fsp3) is 0.296. The molecule has 0 saturated carbocycles. The van der Waals surface area contributed by atoms with Crippen LogP contribution in [0.1, 0.15) is 38.1 Å². The van der Waals surface area contributed by atoms with Gasteiger partial charge in [-0.25, -0.2) is 0 Å². The highest BCUT2D eigenvalue weighted by Gasteiger charge is 2.42. The molecule has 4 heterocycles. The largest absolute Gasteiger partial charge is 0.334 e. The van der Waals surface area contributed by atoms with Crippen molar-refractivity contribution in [2.75, 3.05) is 11.4 Å². The Labute approximate surface area is 212 Å². The third-order valence-electron chi connectivity index (χ3n) is 7.41. The second kappa shape index (κ2) is 7.14. The molecule has 33 heavy (non-hydrogen) atoms. The smallest absolute Gasteiger partial charge is 0.266 e. The summed E-state index contributed by atoms with van der Waals surface area (Å²) in [4.78, 5) is 3.79. The highest BCUT2D eigenvalue weighted by molar-refractivity contribution is 8.03. The van der Waals surface area contributed by atoms with Crippen molar-refractivity contribution >= 4 is 67.8 Å². The number of thiazole rings is 1. The minimum absolute atomic E-state index is 0.140. The zero-order valence-corrected chi connectivity index (χ0v) is 21.7. The zero-order chi connectivity index (χ0) is 22.5. The molecule has 0 N–H and O–H groups in total. The van der Waals surface area contributed by atoms with E-state index in [1.54, 1.807) is 0 Å². The summed E-state index contributed by atoms with van der Waals surface area (Å²) in [6.07, 6.45) is 5.85. The van der Waals surface area contributed by atoms with Crippen LogP contribution in [0.15, 0.2) is 69.1 Å². The van der Waals surface area contributed by atoms with Crippen molar-refractivity contribution in [1.82, 2.24) is 0 Å². The monoisotopic (exact) mass is 509 g/mol. The molecule has 0 unspecified atom stereocenters. The topological polar surface area (TPSA) is 7.12 Å². The Bertz CT molecular complexity index is 1470. The van der Waals surface area contributed by atoms with Gasteiger partial charge in [0.15, 0.2) is 6.54 Å². The molecule has 0 radical (unpaired) electrons. The van der Waals surface area contributed by atoms with E-state index in [-0.39, 0.29) is 5.41 Å². The quantitative estimate of drug-likeness (QED) is 0.305. The van der Waals surface area contributed by atoms with Crippen LogP contribution in [0.4, 0.5) is 5.69 Å². The molecule has 0 amide bonds. The van der Waals surface area contributed by atoms with Gasteiger partial charge in [0.05, 0.1) is 10.7 Å². The molecule has 1 aromatic heterocycles. The summed E-state index contributed by atoms with van der Waals surface area (Å²) >= 11 is 16.4. The third kappa shape index (κ3) is 3.04. The van der Waals surface area contributed by atoms with Crippen LogP contribution in [0.2, 0.25) is 10.0 Å². The number of fused-ring (bicyclic) bond motifs is 6. The van der Waals surface area contributed by atoms with Crippen LogP contribution in [0.5, 0.6) is 0 Å². The Balaban J connectivity index is 1.33. The van der Waals surface area contributed by atoms with Gasteiger partial charge in [-0.1, -0.05) is 66.2 Å². The number of rotatable bonds is 1. The van der Waals surface area contributed by atoms with E-state index in [1.165, 1.54) is 53.1 Å². The second-order valence-corrected chi connectivity index (χ2v) is 12.9. The summed E-state index contributed by atoms with van der Waals surface area (Å²) in [5.41, 5.74) is 8.79. The van der Waals surface area contributed by atoms with Crippen molar-refractivity contribution in [3.8, 4) is 0 Å². The van der Waals surface area contributed by atoms with Gasteiger partial charge < -0.3 is 4.90 Å². The van der Waals surface area contributed by atoms with E-state index in [9.17, 15) is 0 Å². The summed E-state index contributed by atoms with van der Waals surface area (Å²) < 4.78 is 3.80. The lowest BCUT2D eigenvalue weighted by Crippen LogP contribution is -2.30. The molecule has 166 valence electrons. The Morgan fingerprint density at radius 1 is 1.00 bits per heavy atom. The van der Waals surface area contributed by atoms with Gasteiger partial charge in [0, 0.05) is 39.5 Å². The summed E-state index contributed by atoms with van der Waals surface area (Å²) in [5, 5.41) is 4.46. The molecule has 0 bridgehead atoms. The number of thioether (sulfide) groups is 1. The Hall–Kier alpha value is -1.72. The zero-order valence-electron chi connectivity index (χ0n) is 18.5. The van der Waals surface area contributed by atoms with Crippen molar-refractivity contribution in [3.05, 3.63) is 79.3 Å². The number of hydrogen-bond donors (Lipinski definition) is 0. The molecular weight excluding hydrogens is 487 g/mol. The van der Waals surface area contributed by atoms with Crippen LogP contribution in [0.25, 0.3) is 15.8 Å². The Morgan fingerprint density at radius 3 is 2.70 bits per heavy atom. The first-order valence-electron chi connectivity index (χ1n) is 11.4. The fourth-order valence-corrected chi connectivity index (χ4v) is 8.76. The van der Waals surface area contributed by atoms with E-state index in [0.717, 1.165) is 42.4 Å². The average Bonchev–Trinajstić information content (AvgIpc) is 3.54. The van der Waals surface area contributed by atoms with E-state index in [1.807, 2.05) is 35.2 Å². The number of halogens is 2. The van der Waals surface area contributed by atoms with Gasteiger partial charge >= 0.3 is 0 Å². The maximum Gasteiger partial charge on any atom is 0.266 e. The standard InChI is InChI=1S/C27H23Cl2N2S2/c1-27(2)14-15(18-7-9-30-21-12-16(28)3-5-23(21)32-25(18)30)11-20(27)19-8-10-31-22-13-17(29)4-6-24(22)33-26(19)31/h3-6,11-13H,7-10,14H2,1-2H3/q+1. The molecule has 4 aliphatic rings. The van der Waals surface area contributed by atoms with Gasteiger partial charge in [-0.3, -0.25) is 0 Å². The number of anilines is 1. The van der Waals surface area contributed by atoms with E-state index in [0.29, 0.717) is 0 Å². The van der Waals surface area contributed by atoms with Gasteiger partial charge in [0.2, 0.25) is 5.52 Å². The van der Waals surface area contributed by atoms with Crippen LogP contribution in [0, 0.1) is 5.41 Å². The molecule has 0 saturated heterocycles. The molecule has 7 rings (SSSR count). The van der Waals surface area contributed by atoms with E-state index in [2.05, 4.69) is 53.7 Å². The van der Waals surface area contributed by atoms with Gasteiger partial charge in [0.25, 0.3) is 5.01 Å². The maximum absolute atomic E-state index is 6.32. The van der Waals surface area contributed by atoms with Gasteiger partial charge in [-0.05, 0) is 65.3 Å². The predicted molar refractivity (Wildman–Crippen MR) is 141 cm³/mol. The van der Waals surface area contributed by atoms with Crippen LogP contribution in [0.3, 0.4) is 0 Å². The molecule has 1 aliphatic carbocycles. The highest BCUT2D eigenvalue weighted by Crippen LogP contribution is 2.56. The normalized spacial score (nSPS) is 22.9. The minimum Gasteiger partial charge on any atom is -0.334 e. The van der Waals surface area contributed by atoms with E-state index >= 15 is 0 Å². The maximum atomic E-state index is 6.32. The number of benzene rings is 2. The van der Waals surface area contributed by atoms with Gasteiger partial charge in [0.1, 0.15) is 4.70 Å². The molecule has 0 fully saturated rings. The first kappa shape index (κ1) is 20.6. The van der Waals surface area contributed by atoms with Crippen molar-refractivity contribution < 1.29 is 4.57 Å². The van der Waals surface area contributed by atoms with Crippen molar-refractivity contribution in [1.29, 1.82) is 0 Å². The second-order valence-electron chi connectivity index (χ2n) is 9.94. The van der Waals surface area contributed by atoms with Crippen molar-refractivity contribution in [3.63, 3.8) is 0 Å². The van der Waals surface area contributed by atoms with Gasteiger partial charge in [-0.2, -0.15) is 4.57 Å². The summed E-state index contributed by atoms with van der Waals surface area (Å²) in [6, 6.07) is 12.6. The first-order chi connectivity index (χ1) is 15.9. The average molecular weight is 511 g/mol. The number of hydrogen-bond acceptors (Lipinski definition) is 3. The highest BCUT2D eigenvalue weighted by atomic mass is 35.5. The summed E-state index contributed by atoms with van der Waals surface area (Å²) in [5.74, 6) is 0. The Morgan fingerprint density at radius 2 is 1.82 bits per heavy atom. The number of aryl methyl sites for hydroxylation is 1. The lowest BCUT2D eigenvalue weighted by Gasteiger charge is -2.21. The number of aromatic nitrogens is 1. The predicted octanol–water partition coefficient (Wildman–Crippen LogP) is 8.24. The van der Waals surface area contributed by atoms with Crippen molar-refractivity contribution in [2.45, 2.75) is 44.6 Å². The molecule has 0 atom stereocenters. The number of nitrogens with zero attached hydrogens (tertiary/aromatic N) is 2. The van der Waals surface area contributed by atoms with Gasteiger partial charge in [-0.15, -0.1) is 0 Å². The number of allylic oxidation sites excluding steroid dienone is 4. The van der Waals surface area contributed by atoms with Crippen LogP contribution in [-0.2, 0) is 6.54 Å². The molecule has 0 spiro atoms. The van der Waals surface area contributed by atoms with Crippen LogP contribution in [-0.4, -0.2) is 6.54 Å². The molecular formula is C27H23Cl2N2S2+. The molecule has 6 heteroatoms. The summed E-state index contributed by atoms with van der Waals surface area (Å²) in [7, 11) is 0. The fourth-order valence-electron chi connectivity index (χ4n) is 5.90. The SMILES string of the molecule is CC1(C)CC(C2=C3Sc4ccc(Cl)cc4N3CC2)=C/C1=C1/CC[n+]2c1sc1ccc(Cl)cc12. The third-order valence-corrected chi connectivity index (χ3v) is 10.3. The molecule has 2 nitrogen and oxygen atoms in total. The van der Waals surface area contributed by atoms with Crippen LogP contribution < -0.4 is 9.47 Å². The molecule has 3 aliphatic heterocycles. The van der Waals surface area contributed by atoms with Crippen LogP contribution >= 0.6 is 46.3 Å². The van der Waals surface area contributed by atoms with E-state index < -0.39 is 0 Å². The lowest BCUT2D eigenvalue weighted by atomic mass is 9.82. The molecule has 2 aromatic carbocycles. The van der Waals surface area contributed by atoms with E-state index in [4.69, 9.17) is 23.2 Å². The lowest BCUT2D eigenvalue weighted by molar-refractivity contribution is -0.659. The Kier molecular flexibility index (Phi) is 4.47. The minimum atomic E-state index is 0.140.